The van der Waals surface area contributed by atoms with Crippen LogP contribution >= 0.6 is 0 Å². The van der Waals surface area contributed by atoms with Gasteiger partial charge < -0.3 is 15.2 Å². The van der Waals surface area contributed by atoms with E-state index in [9.17, 15) is 13.2 Å². The summed E-state index contributed by atoms with van der Waals surface area (Å²) in [5.74, 6) is 2.68. The third-order valence-corrected chi connectivity index (χ3v) is 5.71. The van der Waals surface area contributed by atoms with E-state index in [0.29, 0.717) is 13.1 Å². The van der Waals surface area contributed by atoms with Gasteiger partial charge in [-0.25, -0.2) is 4.99 Å². The predicted molar refractivity (Wildman–Crippen MR) is 111 cm³/mol. The molecule has 2 N–H and O–H groups in total. The lowest BCUT2D eigenvalue weighted by Gasteiger charge is -2.19. The van der Waals surface area contributed by atoms with E-state index in [1.54, 1.807) is 12.1 Å². The number of nitrogens with zero attached hydrogens (tertiary/aromatic N) is 5. The Labute approximate surface area is 179 Å². The molecule has 3 heterocycles. The summed E-state index contributed by atoms with van der Waals surface area (Å²) in [4.78, 5) is 6.93. The van der Waals surface area contributed by atoms with E-state index in [-0.39, 0.29) is 6.04 Å². The maximum Gasteiger partial charge on any atom is 0.416 e. The Kier molecular flexibility index (Phi) is 6.45. The van der Waals surface area contributed by atoms with Gasteiger partial charge in [-0.15, -0.1) is 10.2 Å². The largest absolute Gasteiger partial charge is 0.416 e. The molecule has 4 rings (SSSR count). The molecule has 1 fully saturated rings. The number of fused-ring (bicyclic) bond motifs is 1. The number of alkyl halides is 3. The molecule has 31 heavy (non-hydrogen) atoms. The van der Waals surface area contributed by atoms with E-state index in [4.69, 9.17) is 0 Å². The summed E-state index contributed by atoms with van der Waals surface area (Å²) in [6, 6.07) is 5.66. The number of benzene rings is 1. The third kappa shape index (κ3) is 5.36. The summed E-state index contributed by atoms with van der Waals surface area (Å²) in [6.45, 7) is 6.55. The van der Waals surface area contributed by atoms with Crippen molar-refractivity contribution in [3.8, 4) is 0 Å². The quantitative estimate of drug-likeness (QED) is 0.539. The highest BCUT2D eigenvalue weighted by molar-refractivity contribution is 5.80. The molecule has 2 aliphatic rings. The molecule has 10 heteroatoms. The predicted octanol–water partition coefficient (Wildman–Crippen LogP) is 2.57. The maximum absolute atomic E-state index is 12.7. The monoisotopic (exact) mass is 435 g/mol. The van der Waals surface area contributed by atoms with Crippen molar-refractivity contribution in [2.24, 2.45) is 4.99 Å². The number of guanidine groups is 1. The van der Waals surface area contributed by atoms with E-state index in [1.165, 1.54) is 0 Å². The average molecular weight is 435 g/mol. The summed E-state index contributed by atoms with van der Waals surface area (Å²) in [7, 11) is 0. The van der Waals surface area contributed by atoms with Gasteiger partial charge in [0.15, 0.2) is 11.8 Å². The molecule has 1 aromatic heterocycles. The topological polar surface area (TPSA) is 70.4 Å². The van der Waals surface area contributed by atoms with Crippen molar-refractivity contribution in [2.45, 2.75) is 58.0 Å². The van der Waals surface area contributed by atoms with Gasteiger partial charge in [-0.1, -0.05) is 12.1 Å². The molecule has 0 aliphatic carbocycles. The van der Waals surface area contributed by atoms with E-state index < -0.39 is 11.7 Å². The summed E-state index contributed by atoms with van der Waals surface area (Å²) < 4.78 is 40.3. The molecule has 0 radical (unpaired) electrons. The summed E-state index contributed by atoms with van der Waals surface area (Å²) in [5, 5.41) is 15.2. The molecular weight excluding hydrogens is 407 g/mol. The average Bonchev–Trinajstić information content (AvgIpc) is 3.44. The van der Waals surface area contributed by atoms with Gasteiger partial charge in [-0.3, -0.25) is 4.90 Å². The SMILES string of the molecule is CCNC(=NCc1nnc2n1CCC2)NC1CCN(Cc2ccc(C(F)(F)F)cc2)C1. The highest BCUT2D eigenvalue weighted by Gasteiger charge is 2.30. The van der Waals surface area contributed by atoms with Crippen LogP contribution in [-0.4, -0.2) is 51.3 Å². The Bertz CT molecular complexity index is 905. The zero-order valence-electron chi connectivity index (χ0n) is 17.6. The minimum absolute atomic E-state index is 0.233. The van der Waals surface area contributed by atoms with E-state index in [1.807, 2.05) is 6.92 Å². The van der Waals surface area contributed by atoms with Crippen LogP contribution in [-0.2, 0) is 32.2 Å². The second-order valence-electron chi connectivity index (χ2n) is 8.04. The second-order valence-corrected chi connectivity index (χ2v) is 8.04. The standard InChI is InChI=1S/C21H28F3N7/c1-2-25-20(26-12-19-29-28-18-4-3-10-31(18)19)27-17-9-11-30(14-17)13-15-5-7-16(8-6-15)21(22,23)24/h5-8,17H,2-4,9-14H2,1H3,(H2,25,26,27). The molecule has 168 valence electrons. The first kappa shape index (κ1) is 21.6. The van der Waals surface area contributed by atoms with E-state index in [0.717, 1.165) is 80.7 Å². The number of aromatic nitrogens is 3. The van der Waals surface area contributed by atoms with Crippen molar-refractivity contribution in [1.29, 1.82) is 0 Å². The van der Waals surface area contributed by atoms with Gasteiger partial charge in [0.25, 0.3) is 0 Å². The summed E-state index contributed by atoms with van der Waals surface area (Å²) in [5.41, 5.74) is 0.275. The summed E-state index contributed by atoms with van der Waals surface area (Å²) in [6.07, 6.45) is -1.26. The molecule has 1 atom stereocenters. The number of hydrogen-bond donors (Lipinski definition) is 2. The van der Waals surface area contributed by atoms with Gasteiger partial charge in [-0.2, -0.15) is 13.2 Å². The first-order valence-corrected chi connectivity index (χ1v) is 10.8. The zero-order chi connectivity index (χ0) is 21.8. The van der Waals surface area contributed by atoms with Crippen molar-refractivity contribution < 1.29 is 13.2 Å². The molecule has 1 unspecified atom stereocenters. The van der Waals surface area contributed by atoms with Crippen LogP contribution in [0.5, 0.6) is 0 Å². The van der Waals surface area contributed by atoms with Crippen LogP contribution in [0.3, 0.4) is 0 Å². The van der Waals surface area contributed by atoms with Crippen molar-refractivity contribution in [1.82, 2.24) is 30.3 Å². The van der Waals surface area contributed by atoms with E-state index in [2.05, 4.69) is 35.3 Å². The highest BCUT2D eigenvalue weighted by atomic mass is 19.4. The molecule has 0 bridgehead atoms. The summed E-state index contributed by atoms with van der Waals surface area (Å²) >= 11 is 0. The molecule has 0 spiro atoms. The molecule has 1 aromatic carbocycles. The minimum Gasteiger partial charge on any atom is -0.357 e. The lowest BCUT2D eigenvalue weighted by Crippen LogP contribution is -2.44. The fraction of sp³-hybridized carbons (Fsp3) is 0.571. The number of nitrogens with one attached hydrogen (secondary N) is 2. The molecule has 7 nitrogen and oxygen atoms in total. The van der Waals surface area contributed by atoms with Crippen LogP contribution in [0.2, 0.25) is 0 Å². The van der Waals surface area contributed by atoms with Gasteiger partial charge in [0, 0.05) is 45.2 Å². The minimum atomic E-state index is -4.30. The van der Waals surface area contributed by atoms with Crippen LogP contribution in [0.25, 0.3) is 0 Å². The number of hydrogen-bond acceptors (Lipinski definition) is 4. The van der Waals surface area contributed by atoms with E-state index >= 15 is 0 Å². The third-order valence-electron chi connectivity index (χ3n) is 5.71. The Morgan fingerprint density at radius 1 is 1.19 bits per heavy atom. The van der Waals surface area contributed by atoms with Crippen LogP contribution < -0.4 is 10.6 Å². The molecule has 1 saturated heterocycles. The lowest BCUT2D eigenvalue weighted by atomic mass is 10.1. The number of aliphatic imine (C=N–C) groups is 1. The van der Waals surface area contributed by atoms with Crippen molar-refractivity contribution >= 4 is 5.96 Å². The molecule has 0 amide bonds. The molecule has 2 aliphatic heterocycles. The molecular formula is C21H28F3N7. The number of likely N-dealkylation sites (tertiary alicyclic amines) is 1. The number of rotatable bonds is 6. The van der Waals surface area contributed by atoms with Crippen LogP contribution in [0, 0.1) is 0 Å². The second kappa shape index (κ2) is 9.25. The molecule has 0 saturated carbocycles. The number of aryl methyl sites for hydroxylation is 1. The van der Waals surface area contributed by atoms with Gasteiger partial charge in [0.2, 0.25) is 0 Å². The highest BCUT2D eigenvalue weighted by Crippen LogP contribution is 2.29. The first-order valence-electron chi connectivity index (χ1n) is 10.8. The van der Waals surface area contributed by atoms with Gasteiger partial charge in [-0.05, 0) is 37.5 Å². The lowest BCUT2D eigenvalue weighted by molar-refractivity contribution is -0.137. The fourth-order valence-corrected chi connectivity index (χ4v) is 4.14. The Morgan fingerprint density at radius 2 is 2.00 bits per heavy atom. The Hall–Kier alpha value is -2.62. The van der Waals surface area contributed by atoms with Crippen LogP contribution in [0.15, 0.2) is 29.3 Å². The van der Waals surface area contributed by atoms with Gasteiger partial charge >= 0.3 is 6.18 Å². The van der Waals surface area contributed by atoms with Crippen molar-refractivity contribution in [2.75, 3.05) is 19.6 Å². The van der Waals surface area contributed by atoms with Gasteiger partial charge in [0.1, 0.15) is 12.4 Å². The van der Waals surface area contributed by atoms with Crippen molar-refractivity contribution in [3.63, 3.8) is 0 Å². The van der Waals surface area contributed by atoms with Crippen LogP contribution in [0.4, 0.5) is 13.2 Å². The number of halogens is 3. The fourth-order valence-electron chi connectivity index (χ4n) is 4.14. The molecule has 2 aromatic rings. The smallest absolute Gasteiger partial charge is 0.357 e. The first-order chi connectivity index (χ1) is 14.9. The van der Waals surface area contributed by atoms with Gasteiger partial charge in [0.05, 0.1) is 5.56 Å². The zero-order valence-corrected chi connectivity index (χ0v) is 17.6. The normalized spacial score (nSPS) is 19.6. The van der Waals surface area contributed by atoms with Crippen LogP contribution in [0.1, 0.15) is 42.5 Å². The maximum atomic E-state index is 12.7. The Morgan fingerprint density at radius 3 is 2.74 bits per heavy atom. The van der Waals surface area contributed by atoms with Crippen molar-refractivity contribution in [3.05, 3.63) is 47.0 Å². The Balaban J connectivity index is 1.31.